The number of nitrogens with zero attached hydrogens (tertiary/aromatic N) is 2. The van der Waals surface area contributed by atoms with E-state index in [-0.39, 0.29) is 24.1 Å². The Morgan fingerprint density at radius 2 is 2.30 bits per heavy atom. The zero-order valence-corrected chi connectivity index (χ0v) is 11.4. The van der Waals surface area contributed by atoms with Gasteiger partial charge in [0.1, 0.15) is 0 Å². The van der Waals surface area contributed by atoms with Crippen molar-refractivity contribution in [1.29, 1.82) is 0 Å². The number of benzene rings is 1. The molecule has 1 aliphatic heterocycles. The number of amides is 1. The molecule has 0 aliphatic carbocycles. The van der Waals surface area contributed by atoms with Crippen molar-refractivity contribution in [2.75, 3.05) is 19.7 Å². The second-order valence-electron chi connectivity index (χ2n) is 5.20. The third-order valence-electron chi connectivity index (χ3n) is 3.72. The molecule has 1 aliphatic rings. The number of carbonyl (C=O) groups excluding carboxylic acids is 1. The fourth-order valence-corrected chi connectivity index (χ4v) is 2.57. The molecule has 0 bridgehead atoms. The summed E-state index contributed by atoms with van der Waals surface area (Å²) < 4.78 is 0. The number of aliphatic hydroxyl groups is 1. The van der Waals surface area contributed by atoms with E-state index in [0.29, 0.717) is 24.2 Å². The van der Waals surface area contributed by atoms with Crippen LogP contribution >= 0.6 is 0 Å². The van der Waals surface area contributed by atoms with E-state index in [1.54, 1.807) is 11.8 Å². The molecule has 0 radical (unpaired) electrons. The lowest BCUT2D eigenvalue weighted by molar-refractivity contribution is -0.384. The molecule has 1 aromatic rings. The Balaban J connectivity index is 2.18. The number of hydrogen-bond acceptors (Lipinski definition) is 4. The Bertz CT molecular complexity index is 530. The first kappa shape index (κ1) is 14.5. The predicted molar refractivity (Wildman–Crippen MR) is 73.5 cm³/mol. The van der Waals surface area contributed by atoms with Gasteiger partial charge in [0.05, 0.1) is 4.92 Å². The summed E-state index contributed by atoms with van der Waals surface area (Å²) in [6, 6.07) is 4.28. The van der Waals surface area contributed by atoms with Crippen LogP contribution in [0.25, 0.3) is 0 Å². The van der Waals surface area contributed by atoms with Crippen LogP contribution in [0, 0.1) is 23.0 Å². The van der Waals surface area contributed by atoms with Gasteiger partial charge < -0.3 is 10.0 Å². The standard InChI is InChI=1S/C14H18N2O4/c1-10-7-12(16(19)20)4-5-13(10)14(18)15-6-2-3-11(8-15)9-17/h4-5,7,11,17H,2-3,6,8-9H2,1H3. The van der Waals surface area contributed by atoms with Gasteiger partial charge in [-0.1, -0.05) is 0 Å². The minimum atomic E-state index is -0.468. The van der Waals surface area contributed by atoms with E-state index >= 15 is 0 Å². The van der Waals surface area contributed by atoms with Crippen LogP contribution in [0.5, 0.6) is 0 Å². The molecule has 6 heteroatoms. The van der Waals surface area contributed by atoms with Gasteiger partial charge in [-0.05, 0) is 37.3 Å². The van der Waals surface area contributed by atoms with Crippen molar-refractivity contribution in [3.05, 3.63) is 39.4 Å². The number of piperidine rings is 1. The highest BCUT2D eigenvalue weighted by atomic mass is 16.6. The van der Waals surface area contributed by atoms with E-state index in [1.807, 2.05) is 0 Å². The molecule has 20 heavy (non-hydrogen) atoms. The quantitative estimate of drug-likeness (QED) is 0.674. The van der Waals surface area contributed by atoms with Crippen LogP contribution in [-0.4, -0.2) is 40.5 Å². The minimum Gasteiger partial charge on any atom is -0.396 e. The third kappa shape index (κ3) is 2.96. The van der Waals surface area contributed by atoms with Gasteiger partial charge in [0, 0.05) is 37.4 Å². The molecule has 108 valence electrons. The van der Waals surface area contributed by atoms with Crippen LogP contribution in [0.1, 0.15) is 28.8 Å². The van der Waals surface area contributed by atoms with Gasteiger partial charge in [-0.2, -0.15) is 0 Å². The van der Waals surface area contributed by atoms with Crippen LogP contribution in [0.2, 0.25) is 0 Å². The lowest BCUT2D eigenvalue weighted by Gasteiger charge is -2.32. The Morgan fingerprint density at radius 3 is 2.90 bits per heavy atom. The Morgan fingerprint density at radius 1 is 1.55 bits per heavy atom. The van der Waals surface area contributed by atoms with Gasteiger partial charge in [0.15, 0.2) is 0 Å². The van der Waals surface area contributed by atoms with E-state index in [2.05, 4.69) is 0 Å². The number of rotatable bonds is 3. The fraction of sp³-hybridized carbons (Fsp3) is 0.500. The molecule has 1 saturated heterocycles. The molecule has 1 N–H and O–H groups in total. The number of carbonyl (C=O) groups is 1. The summed E-state index contributed by atoms with van der Waals surface area (Å²) in [7, 11) is 0. The van der Waals surface area contributed by atoms with Crippen LogP contribution in [0.3, 0.4) is 0 Å². The maximum Gasteiger partial charge on any atom is 0.269 e. The molecule has 2 rings (SSSR count). The van der Waals surface area contributed by atoms with Crippen molar-refractivity contribution in [1.82, 2.24) is 4.90 Å². The molecular weight excluding hydrogens is 260 g/mol. The molecule has 1 heterocycles. The summed E-state index contributed by atoms with van der Waals surface area (Å²) >= 11 is 0. The molecular formula is C14H18N2O4. The van der Waals surface area contributed by atoms with E-state index < -0.39 is 4.92 Å². The number of nitro groups is 1. The Labute approximate surface area is 117 Å². The zero-order valence-electron chi connectivity index (χ0n) is 11.4. The van der Waals surface area contributed by atoms with Crippen molar-refractivity contribution in [3.63, 3.8) is 0 Å². The largest absolute Gasteiger partial charge is 0.396 e. The monoisotopic (exact) mass is 278 g/mol. The predicted octanol–water partition coefficient (Wildman–Crippen LogP) is 1.75. The molecule has 1 amide bonds. The van der Waals surface area contributed by atoms with Gasteiger partial charge >= 0.3 is 0 Å². The van der Waals surface area contributed by atoms with Crippen LogP contribution < -0.4 is 0 Å². The van der Waals surface area contributed by atoms with Gasteiger partial charge in [0.25, 0.3) is 11.6 Å². The van der Waals surface area contributed by atoms with Gasteiger partial charge in [0.2, 0.25) is 0 Å². The van der Waals surface area contributed by atoms with Gasteiger partial charge in [-0.3, -0.25) is 14.9 Å². The number of likely N-dealkylation sites (tertiary alicyclic amines) is 1. The summed E-state index contributed by atoms with van der Waals surface area (Å²) in [4.78, 5) is 24.4. The summed E-state index contributed by atoms with van der Waals surface area (Å²) in [5, 5.41) is 19.9. The van der Waals surface area contributed by atoms with E-state index in [0.717, 1.165) is 12.8 Å². The van der Waals surface area contributed by atoms with Crippen molar-refractivity contribution in [3.8, 4) is 0 Å². The molecule has 1 fully saturated rings. The van der Waals surface area contributed by atoms with E-state index in [4.69, 9.17) is 0 Å². The summed E-state index contributed by atoms with van der Waals surface area (Å²) in [6.07, 6.45) is 1.81. The molecule has 0 aromatic heterocycles. The highest BCUT2D eigenvalue weighted by molar-refractivity contribution is 5.96. The first-order valence-corrected chi connectivity index (χ1v) is 6.68. The zero-order chi connectivity index (χ0) is 14.7. The van der Waals surface area contributed by atoms with E-state index in [9.17, 15) is 20.0 Å². The fourth-order valence-electron chi connectivity index (χ4n) is 2.57. The molecule has 6 nitrogen and oxygen atoms in total. The van der Waals surface area contributed by atoms with Crippen molar-refractivity contribution in [2.45, 2.75) is 19.8 Å². The number of non-ortho nitro benzene ring substituents is 1. The van der Waals surface area contributed by atoms with Gasteiger partial charge in [-0.15, -0.1) is 0 Å². The minimum absolute atomic E-state index is 0.00840. The second kappa shape index (κ2) is 6.00. The average molecular weight is 278 g/mol. The van der Waals surface area contributed by atoms with Crippen molar-refractivity contribution < 1.29 is 14.8 Å². The Hall–Kier alpha value is -1.95. The molecule has 0 saturated carbocycles. The maximum absolute atomic E-state index is 12.4. The van der Waals surface area contributed by atoms with Crippen LogP contribution in [-0.2, 0) is 0 Å². The number of aryl methyl sites for hydroxylation is 1. The molecule has 1 aromatic carbocycles. The normalized spacial score (nSPS) is 18.9. The number of nitro benzene ring substituents is 1. The highest BCUT2D eigenvalue weighted by Gasteiger charge is 2.25. The lowest BCUT2D eigenvalue weighted by atomic mass is 9.97. The van der Waals surface area contributed by atoms with Crippen LogP contribution in [0.4, 0.5) is 5.69 Å². The first-order valence-electron chi connectivity index (χ1n) is 6.68. The van der Waals surface area contributed by atoms with E-state index in [1.165, 1.54) is 18.2 Å². The SMILES string of the molecule is Cc1cc([N+](=O)[O-])ccc1C(=O)N1CCCC(CO)C1. The third-order valence-corrected chi connectivity index (χ3v) is 3.72. The summed E-state index contributed by atoms with van der Waals surface area (Å²) in [5.74, 6) is 0.0154. The summed E-state index contributed by atoms with van der Waals surface area (Å²) in [6.45, 7) is 3.01. The number of hydrogen-bond donors (Lipinski definition) is 1. The second-order valence-corrected chi connectivity index (χ2v) is 5.20. The van der Waals surface area contributed by atoms with Crippen molar-refractivity contribution >= 4 is 11.6 Å². The highest BCUT2D eigenvalue weighted by Crippen LogP contribution is 2.22. The van der Waals surface area contributed by atoms with Crippen molar-refractivity contribution in [2.24, 2.45) is 5.92 Å². The Kier molecular flexibility index (Phi) is 4.34. The topological polar surface area (TPSA) is 83.7 Å². The lowest BCUT2D eigenvalue weighted by Crippen LogP contribution is -2.41. The molecule has 0 spiro atoms. The van der Waals surface area contributed by atoms with Gasteiger partial charge in [-0.25, -0.2) is 0 Å². The summed E-state index contributed by atoms with van der Waals surface area (Å²) in [5.41, 5.74) is 1.09. The maximum atomic E-state index is 12.4. The first-order chi connectivity index (χ1) is 9.52. The molecule has 1 atom stereocenters. The van der Waals surface area contributed by atoms with Crippen LogP contribution in [0.15, 0.2) is 18.2 Å². The molecule has 1 unspecified atom stereocenters. The smallest absolute Gasteiger partial charge is 0.269 e. The number of aliphatic hydroxyl groups excluding tert-OH is 1. The average Bonchev–Trinajstić information content (AvgIpc) is 2.46.